The Hall–Kier alpha value is -0.560. The van der Waals surface area contributed by atoms with Gasteiger partial charge in [0, 0.05) is 12.3 Å². The molecule has 0 aromatic rings. The van der Waals surface area contributed by atoms with Crippen LogP contribution in [-0.4, -0.2) is 57.2 Å². The molecule has 0 aliphatic carbocycles. The summed E-state index contributed by atoms with van der Waals surface area (Å²) in [6, 6.07) is -0.927. The SMILES string of the molecule is CC(C)C1SCC(C(=O)O)N1C(=O)NCC1CCSC1. The summed E-state index contributed by atoms with van der Waals surface area (Å²) in [5.74, 6) is 2.59. The molecule has 2 aliphatic heterocycles. The first-order chi connectivity index (χ1) is 9.50. The molecule has 114 valence electrons. The van der Waals surface area contributed by atoms with E-state index in [1.54, 1.807) is 11.8 Å². The second-order valence-corrected chi connectivity index (χ2v) is 7.94. The lowest BCUT2D eigenvalue weighted by molar-refractivity contribution is -0.141. The molecule has 2 aliphatic rings. The molecule has 0 radical (unpaired) electrons. The lowest BCUT2D eigenvalue weighted by Crippen LogP contribution is -2.52. The molecule has 5 nitrogen and oxygen atoms in total. The van der Waals surface area contributed by atoms with Crippen molar-refractivity contribution in [3.63, 3.8) is 0 Å². The Morgan fingerprint density at radius 2 is 2.15 bits per heavy atom. The van der Waals surface area contributed by atoms with Gasteiger partial charge in [-0.2, -0.15) is 11.8 Å². The quantitative estimate of drug-likeness (QED) is 0.829. The lowest BCUT2D eigenvalue weighted by Gasteiger charge is -2.30. The molecule has 2 heterocycles. The normalized spacial score (nSPS) is 29.9. The Labute approximate surface area is 128 Å². The molecular weight excluding hydrogens is 296 g/mol. The maximum absolute atomic E-state index is 12.4. The van der Waals surface area contributed by atoms with Gasteiger partial charge in [0.15, 0.2) is 0 Å². The van der Waals surface area contributed by atoms with Crippen LogP contribution in [-0.2, 0) is 4.79 Å². The van der Waals surface area contributed by atoms with Crippen LogP contribution in [0.4, 0.5) is 4.79 Å². The van der Waals surface area contributed by atoms with E-state index in [1.165, 1.54) is 4.90 Å². The molecule has 7 heteroatoms. The van der Waals surface area contributed by atoms with Crippen molar-refractivity contribution < 1.29 is 14.7 Å². The highest BCUT2D eigenvalue weighted by atomic mass is 32.2. The van der Waals surface area contributed by atoms with Crippen molar-refractivity contribution in [3.8, 4) is 0 Å². The van der Waals surface area contributed by atoms with Gasteiger partial charge in [-0.1, -0.05) is 13.8 Å². The summed E-state index contributed by atoms with van der Waals surface area (Å²) < 4.78 is 0. The van der Waals surface area contributed by atoms with Crippen LogP contribution >= 0.6 is 23.5 Å². The number of carboxylic acids is 1. The zero-order valence-electron chi connectivity index (χ0n) is 11.9. The van der Waals surface area contributed by atoms with Gasteiger partial charge in [-0.15, -0.1) is 11.8 Å². The third-order valence-electron chi connectivity index (χ3n) is 3.69. The number of aliphatic carboxylic acids is 1. The summed E-state index contributed by atoms with van der Waals surface area (Å²) in [5, 5.41) is 12.2. The lowest BCUT2D eigenvalue weighted by atomic mass is 10.1. The number of hydrogen-bond donors (Lipinski definition) is 2. The fourth-order valence-electron chi connectivity index (χ4n) is 2.56. The second-order valence-electron chi connectivity index (χ2n) is 5.64. The van der Waals surface area contributed by atoms with Crippen LogP contribution in [0.15, 0.2) is 0 Å². The first kappa shape index (κ1) is 15.8. The van der Waals surface area contributed by atoms with Crippen molar-refractivity contribution in [1.29, 1.82) is 0 Å². The predicted molar refractivity (Wildman–Crippen MR) is 83.2 cm³/mol. The van der Waals surface area contributed by atoms with Crippen molar-refractivity contribution in [2.75, 3.05) is 23.8 Å². The van der Waals surface area contributed by atoms with E-state index in [4.69, 9.17) is 0 Å². The van der Waals surface area contributed by atoms with Gasteiger partial charge < -0.3 is 10.4 Å². The maximum atomic E-state index is 12.4. The maximum Gasteiger partial charge on any atom is 0.327 e. The van der Waals surface area contributed by atoms with E-state index < -0.39 is 12.0 Å². The van der Waals surface area contributed by atoms with Gasteiger partial charge in [0.05, 0.1) is 5.37 Å². The van der Waals surface area contributed by atoms with Crippen molar-refractivity contribution in [2.45, 2.75) is 31.7 Å². The average molecular weight is 318 g/mol. The Kier molecular flexibility index (Phi) is 5.49. The van der Waals surface area contributed by atoms with Gasteiger partial charge in [-0.3, -0.25) is 4.90 Å². The topological polar surface area (TPSA) is 69.6 Å². The van der Waals surface area contributed by atoms with Crippen LogP contribution in [0.25, 0.3) is 0 Å². The monoisotopic (exact) mass is 318 g/mol. The third kappa shape index (κ3) is 3.55. The summed E-state index contributed by atoms with van der Waals surface area (Å²) >= 11 is 3.48. The highest BCUT2D eigenvalue weighted by molar-refractivity contribution is 8.00. The first-order valence-electron chi connectivity index (χ1n) is 6.99. The van der Waals surface area contributed by atoms with Crippen molar-refractivity contribution in [2.24, 2.45) is 11.8 Å². The number of carbonyl (C=O) groups is 2. The second kappa shape index (κ2) is 6.93. The van der Waals surface area contributed by atoms with Crippen LogP contribution in [0.5, 0.6) is 0 Å². The van der Waals surface area contributed by atoms with E-state index in [-0.39, 0.29) is 17.3 Å². The number of nitrogens with zero attached hydrogens (tertiary/aromatic N) is 1. The van der Waals surface area contributed by atoms with E-state index >= 15 is 0 Å². The Balaban J connectivity index is 1.96. The van der Waals surface area contributed by atoms with Gasteiger partial charge in [-0.05, 0) is 29.8 Å². The zero-order valence-corrected chi connectivity index (χ0v) is 13.5. The molecule has 0 spiro atoms. The standard InChI is InChI=1S/C13H22N2O3S2/c1-8(2)11-15(10(7-20-11)12(16)17)13(18)14-5-9-3-4-19-6-9/h8-11H,3-7H2,1-2H3,(H,14,18)(H,16,17). The van der Waals surface area contributed by atoms with Gasteiger partial charge in [0.2, 0.25) is 0 Å². The highest BCUT2D eigenvalue weighted by Gasteiger charge is 2.42. The number of thioether (sulfide) groups is 2. The number of carboxylic acid groups (broad SMARTS) is 1. The summed E-state index contributed by atoms with van der Waals surface area (Å²) in [4.78, 5) is 25.2. The minimum absolute atomic E-state index is 0.0472. The summed E-state index contributed by atoms with van der Waals surface area (Å²) in [6.07, 6.45) is 1.13. The summed E-state index contributed by atoms with van der Waals surface area (Å²) in [5.41, 5.74) is 0. The van der Waals surface area contributed by atoms with Crippen molar-refractivity contribution >= 4 is 35.5 Å². The average Bonchev–Trinajstić information content (AvgIpc) is 3.04. The molecule has 0 aromatic heterocycles. The minimum atomic E-state index is -0.910. The highest BCUT2D eigenvalue weighted by Crippen LogP contribution is 2.34. The molecule has 3 unspecified atom stereocenters. The van der Waals surface area contributed by atoms with Crippen molar-refractivity contribution in [3.05, 3.63) is 0 Å². The van der Waals surface area contributed by atoms with Gasteiger partial charge in [0.1, 0.15) is 6.04 Å². The summed E-state index contributed by atoms with van der Waals surface area (Å²) in [6.45, 7) is 4.70. The smallest absolute Gasteiger partial charge is 0.327 e. The Bertz CT molecular complexity index is 373. The van der Waals surface area contributed by atoms with E-state index in [9.17, 15) is 14.7 Å². The molecule has 0 bridgehead atoms. The number of hydrogen-bond acceptors (Lipinski definition) is 4. The van der Waals surface area contributed by atoms with E-state index in [2.05, 4.69) is 5.32 Å². The van der Waals surface area contributed by atoms with E-state index in [0.29, 0.717) is 18.2 Å². The third-order valence-corrected chi connectivity index (χ3v) is 6.54. The first-order valence-corrected chi connectivity index (χ1v) is 9.19. The van der Waals surface area contributed by atoms with Gasteiger partial charge in [-0.25, -0.2) is 9.59 Å². The molecule has 20 heavy (non-hydrogen) atoms. The van der Waals surface area contributed by atoms with E-state index in [1.807, 2.05) is 25.6 Å². The number of rotatable bonds is 4. The summed E-state index contributed by atoms with van der Waals surface area (Å²) in [7, 11) is 0. The Morgan fingerprint density at radius 1 is 1.40 bits per heavy atom. The fraction of sp³-hybridized carbons (Fsp3) is 0.846. The largest absolute Gasteiger partial charge is 0.480 e. The van der Waals surface area contributed by atoms with Crippen molar-refractivity contribution in [1.82, 2.24) is 10.2 Å². The molecule has 2 fully saturated rings. The molecule has 0 aromatic carbocycles. The molecule has 2 N–H and O–H groups in total. The van der Waals surface area contributed by atoms with Crippen LogP contribution in [0.3, 0.4) is 0 Å². The molecule has 2 rings (SSSR count). The van der Waals surface area contributed by atoms with Gasteiger partial charge >= 0.3 is 12.0 Å². The number of nitrogens with one attached hydrogen (secondary N) is 1. The molecule has 3 atom stereocenters. The molecular formula is C13H22N2O3S2. The minimum Gasteiger partial charge on any atom is -0.480 e. The molecule has 0 saturated carbocycles. The molecule has 2 saturated heterocycles. The van der Waals surface area contributed by atoms with Crippen LogP contribution in [0.1, 0.15) is 20.3 Å². The number of carbonyl (C=O) groups excluding carboxylic acids is 1. The number of urea groups is 1. The fourth-order valence-corrected chi connectivity index (χ4v) is 5.31. The zero-order chi connectivity index (χ0) is 14.7. The van der Waals surface area contributed by atoms with Crippen LogP contribution in [0, 0.1) is 11.8 Å². The van der Waals surface area contributed by atoms with Crippen LogP contribution in [0.2, 0.25) is 0 Å². The van der Waals surface area contributed by atoms with E-state index in [0.717, 1.165) is 17.9 Å². The Morgan fingerprint density at radius 3 is 2.70 bits per heavy atom. The number of amides is 2. The van der Waals surface area contributed by atoms with Gasteiger partial charge in [0.25, 0.3) is 0 Å². The molecule has 2 amide bonds. The predicted octanol–water partition coefficient (Wildman–Crippen LogP) is 1.93. The van der Waals surface area contributed by atoms with Crippen LogP contribution < -0.4 is 5.32 Å².